The summed E-state index contributed by atoms with van der Waals surface area (Å²) in [5, 5.41) is 7.09. The van der Waals surface area contributed by atoms with Crippen LogP contribution in [0.5, 0.6) is 5.75 Å². The fourth-order valence-electron chi connectivity index (χ4n) is 1.17. The molecule has 0 aromatic heterocycles. The minimum Gasteiger partial charge on any atom is -0.467 e. The average molecular weight is 248 g/mol. The van der Waals surface area contributed by atoms with Gasteiger partial charge in [0.1, 0.15) is 11.6 Å². The van der Waals surface area contributed by atoms with E-state index >= 15 is 0 Å². The largest absolute Gasteiger partial charge is 0.467 e. The average Bonchev–Trinajstić information content (AvgIpc) is 2.24. The van der Waals surface area contributed by atoms with E-state index in [0.717, 1.165) is 12.1 Å². The van der Waals surface area contributed by atoms with Gasteiger partial charge >= 0.3 is 6.18 Å². The molecule has 94 valence electrons. The maximum Gasteiger partial charge on any atom is 0.419 e. The molecule has 7 heteroatoms. The molecule has 3 N–H and O–H groups in total. The van der Waals surface area contributed by atoms with Crippen molar-refractivity contribution in [2.24, 2.45) is 5.73 Å². The number of halogens is 3. The Bertz CT molecular complexity index is 419. The van der Waals surface area contributed by atoms with Crippen LogP contribution >= 0.6 is 0 Å². The molecule has 0 unspecified atom stereocenters. The number of hydrogen-bond acceptors (Lipinski definition) is 3. The monoisotopic (exact) mass is 248 g/mol. The Morgan fingerprint density at radius 1 is 1.41 bits per heavy atom. The Morgan fingerprint density at radius 2 is 2.06 bits per heavy atom. The number of nitrogens with two attached hydrogens (primary N) is 1. The summed E-state index contributed by atoms with van der Waals surface area (Å²) in [6.45, 7) is -0.289. The number of alkyl halides is 3. The topological polar surface area (TPSA) is 68.3 Å². The van der Waals surface area contributed by atoms with Crippen LogP contribution in [0.25, 0.3) is 0 Å². The molecule has 0 saturated carbocycles. The van der Waals surface area contributed by atoms with Crippen LogP contribution in [0.2, 0.25) is 0 Å². The molecule has 4 nitrogen and oxygen atoms in total. The van der Waals surface area contributed by atoms with Crippen LogP contribution in [0.1, 0.15) is 11.1 Å². The summed E-state index contributed by atoms with van der Waals surface area (Å²) in [4.78, 5) is 0. The summed E-state index contributed by atoms with van der Waals surface area (Å²) in [6, 6.07) is 3.16. The zero-order valence-electron chi connectivity index (χ0n) is 8.97. The molecule has 17 heavy (non-hydrogen) atoms. The quantitative estimate of drug-likeness (QED) is 0.486. The van der Waals surface area contributed by atoms with Gasteiger partial charge in [-0.2, -0.15) is 13.2 Å². The standard InChI is InChI=1S/C10H11F3N2O2/c1-16-5-17-8-3-2-6(9(14)15)4-7(8)10(11,12)13/h2-4H,5H2,1H3,(H3,14,15). The van der Waals surface area contributed by atoms with Gasteiger partial charge in [0.25, 0.3) is 0 Å². The maximum absolute atomic E-state index is 12.7. The number of nitrogens with one attached hydrogen (secondary N) is 1. The summed E-state index contributed by atoms with van der Waals surface area (Å²) in [5.41, 5.74) is 4.13. The van der Waals surface area contributed by atoms with Crippen LogP contribution in [0.3, 0.4) is 0 Å². The third-order valence-electron chi connectivity index (χ3n) is 1.93. The number of methoxy groups -OCH3 is 1. The van der Waals surface area contributed by atoms with E-state index in [1.165, 1.54) is 13.2 Å². The van der Waals surface area contributed by atoms with Crippen LogP contribution < -0.4 is 10.5 Å². The lowest BCUT2D eigenvalue weighted by molar-refractivity contribution is -0.139. The number of ether oxygens (including phenoxy) is 2. The lowest BCUT2D eigenvalue weighted by Gasteiger charge is -2.14. The number of amidine groups is 1. The van der Waals surface area contributed by atoms with Crippen LogP contribution in [-0.4, -0.2) is 19.7 Å². The van der Waals surface area contributed by atoms with Crippen molar-refractivity contribution in [3.05, 3.63) is 29.3 Å². The van der Waals surface area contributed by atoms with Gasteiger partial charge < -0.3 is 15.2 Å². The number of hydrogen-bond donors (Lipinski definition) is 2. The van der Waals surface area contributed by atoms with Crippen LogP contribution in [0.15, 0.2) is 18.2 Å². The molecule has 0 aliphatic rings. The molecule has 0 aliphatic carbocycles. The van der Waals surface area contributed by atoms with Crippen LogP contribution in [0, 0.1) is 5.41 Å². The van der Waals surface area contributed by atoms with Gasteiger partial charge in [-0.1, -0.05) is 0 Å². The molecule has 0 radical (unpaired) electrons. The highest BCUT2D eigenvalue weighted by atomic mass is 19.4. The zero-order valence-corrected chi connectivity index (χ0v) is 8.97. The van der Waals surface area contributed by atoms with Gasteiger partial charge in [-0.25, -0.2) is 0 Å². The van der Waals surface area contributed by atoms with Gasteiger partial charge in [0.2, 0.25) is 0 Å². The lowest BCUT2D eigenvalue weighted by atomic mass is 10.1. The van der Waals surface area contributed by atoms with Crippen molar-refractivity contribution < 1.29 is 22.6 Å². The Hall–Kier alpha value is -1.76. The second-order valence-corrected chi connectivity index (χ2v) is 3.17. The van der Waals surface area contributed by atoms with E-state index < -0.39 is 17.6 Å². The lowest BCUT2D eigenvalue weighted by Crippen LogP contribution is -2.15. The molecule has 1 aromatic carbocycles. The number of nitrogen functional groups attached to an aromatic ring is 1. The minimum absolute atomic E-state index is 0.0120. The Kier molecular flexibility index (Phi) is 3.95. The van der Waals surface area contributed by atoms with Crippen molar-refractivity contribution in [3.63, 3.8) is 0 Å². The first-order valence-electron chi connectivity index (χ1n) is 4.53. The van der Waals surface area contributed by atoms with Gasteiger partial charge in [-0.05, 0) is 18.2 Å². The second-order valence-electron chi connectivity index (χ2n) is 3.17. The number of benzene rings is 1. The van der Waals surface area contributed by atoms with E-state index in [1.807, 2.05) is 0 Å². The van der Waals surface area contributed by atoms with Gasteiger partial charge in [-0.3, -0.25) is 5.41 Å². The molecule has 1 aromatic rings. The SMILES string of the molecule is COCOc1ccc(C(=N)N)cc1C(F)(F)F. The molecule has 0 heterocycles. The van der Waals surface area contributed by atoms with E-state index in [1.54, 1.807) is 0 Å². The smallest absolute Gasteiger partial charge is 0.419 e. The fraction of sp³-hybridized carbons (Fsp3) is 0.300. The summed E-state index contributed by atoms with van der Waals surface area (Å²) in [5.74, 6) is -0.793. The number of rotatable bonds is 4. The predicted molar refractivity (Wildman–Crippen MR) is 55.0 cm³/mol. The fourth-order valence-corrected chi connectivity index (χ4v) is 1.17. The van der Waals surface area contributed by atoms with Crippen molar-refractivity contribution >= 4 is 5.84 Å². The van der Waals surface area contributed by atoms with Crippen molar-refractivity contribution in [1.29, 1.82) is 5.41 Å². The van der Waals surface area contributed by atoms with E-state index in [-0.39, 0.29) is 18.1 Å². The summed E-state index contributed by atoms with van der Waals surface area (Å²) in [6.07, 6.45) is -4.57. The molecule has 0 amide bonds. The Labute approximate surface area is 95.6 Å². The van der Waals surface area contributed by atoms with Gasteiger partial charge in [0, 0.05) is 12.7 Å². The summed E-state index contributed by atoms with van der Waals surface area (Å²) in [7, 11) is 1.30. The van der Waals surface area contributed by atoms with E-state index in [2.05, 4.69) is 4.74 Å². The van der Waals surface area contributed by atoms with Gasteiger partial charge in [-0.15, -0.1) is 0 Å². The van der Waals surface area contributed by atoms with Crippen LogP contribution in [0.4, 0.5) is 13.2 Å². The Balaban J connectivity index is 3.17. The molecule has 0 fully saturated rings. The first kappa shape index (κ1) is 13.3. The van der Waals surface area contributed by atoms with Crippen molar-refractivity contribution in [1.82, 2.24) is 0 Å². The molecule has 0 spiro atoms. The molecule has 0 bridgehead atoms. The van der Waals surface area contributed by atoms with Crippen LogP contribution in [-0.2, 0) is 10.9 Å². The van der Waals surface area contributed by atoms with E-state index in [9.17, 15) is 13.2 Å². The van der Waals surface area contributed by atoms with Crippen molar-refractivity contribution in [3.8, 4) is 5.75 Å². The second kappa shape index (κ2) is 5.05. The highest BCUT2D eigenvalue weighted by Crippen LogP contribution is 2.36. The molecule has 0 aliphatic heterocycles. The van der Waals surface area contributed by atoms with Gasteiger partial charge in [0.05, 0.1) is 5.56 Å². The molecular weight excluding hydrogens is 237 g/mol. The molecule has 1 rings (SSSR count). The summed E-state index contributed by atoms with van der Waals surface area (Å²) >= 11 is 0. The van der Waals surface area contributed by atoms with Crippen molar-refractivity contribution in [2.75, 3.05) is 13.9 Å². The zero-order chi connectivity index (χ0) is 13.1. The molecule has 0 atom stereocenters. The van der Waals surface area contributed by atoms with Gasteiger partial charge in [0.15, 0.2) is 6.79 Å². The summed E-state index contributed by atoms with van der Waals surface area (Å²) < 4.78 is 47.4. The highest BCUT2D eigenvalue weighted by Gasteiger charge is 2.34. The Morgan fingerprint density at radius 3 is 2.53 bits per heavy atom. The highest BCUT2D eigenvalue weighted by molar-refractivity contribution is 5.95. The molecule has 0 saturated heterocycles. The van der Waals surface area contributed by atoms with E-state index in [0.29, 0.717) is 0 Å². The van der Waals surface area contributed by atoms with Crippen molar-refractivity contribution in [2.45, 2.75) is 6.18 Å². The van der Waals surface area contributed by atoms with E-state index in [4.69, 9.17) is 15.9 Å². The molecular formula is C10H11F3N2O2. The maximum atomic E-state index is 12.7. The first-order valence-corrected chi connectivity index (χ1v) is 4.53. The normalized spacial score (nSPS) is 11.3. The third-order valence-corrected chi connectivity index (χ3v) is 1.93. The predicted octanol–water partition coefficient (Wildman–Crippen LogP) is 1.97. The minimum atomic E-state index is -4.57. The third kappa shape index (κ3) is 3.35. The first-order chi connectivity index (χ1) is 7.86.